The van der Waals surface area contributed by atoms with Gasteiger partial charge in [0.25, 0.3) is 0 Å². The van der Waals surface area contributed by atoms with Crippen molar-refractivity contribution in [3.05, 3.63) is 30.2 Å². The number of anilines is 1. The summed E-state index contributed by atoms with van der Waals surface area (Å²) in [6.45, 7) is 6.22. The zero-order valence-electron chi connectivity index (χ0n) is 10.2. The number of hydrogen-bond donors (Lipinski definition) is 1. The normalized spacial score (nSPS) is 11.5. The number of rotatable bonds is 1. The highest BCUT2D eigenvalue weighted by Gasteiger charge is 2.18. The van der Waals surface area contributed by atoms with Gasteiger partial charge in [0.15, 0.2) is 11.6 Å². The standard InChI is InChI=1S/C12H15N5/c1-12(2,3)8-7-9(13)17-11(16-8)10-14-5-4-6-15-10/h4-7H,1-3H3,(H2,13,16,17). The van der Waals surface area contributed by atoms with Gasteiger partial charge in [-0.2, -0.15) is 0 Å². The van der Waals surface area contributed by atoms with Crippen molar-refractivity contribution in [2.75, 3.05) is 5.73 Å². The van der Waals surface area contributed by atoms with Gasteiger partial charge < -0.3 is 5.73 Å². The lowest BCUT2D eigenvalue weighted by Crippen LogP contribution is -2.15. The van der Waals surface area contributed by atoms with Crippen molar-refractivity contribution in [1.82, 2.24) is 19.9 Å². The van der Waals surface area contributed by atoms with E-state index in [2.05, 4.69) is 40.7 Å². The molecule has 0 aliphatic heterocycles. The van der Waals surface area contributed by atoms with Gasteiger partial charge in [0.2, 0.25) is 0 Å². The van der Waals surface area contributed by atoms with E-state index in [0.717, 1.165) is 5.69 Å². The van der Waals surface area contributed by atoms with Crippen LogP contribution in [0.15, 0.2) is 24.5 Å². The molecule has 2 aromatic heterocycles. The first kappa shape index (κ1) is 11.4. The maximum Gasteiger partial charge on any atom is 0.199 e. The molecule has 0 aromatic carbocycles. The van der Waals surface area contributed by atoms with Gasteiger partial charge in [0.1, 0.15) is 5.82 Å². The smallest absolute Gasteiger partial charge is 0.199 e. The van der Waals surface area contributed by atoms with Crippen molar-refractivity contribution >= 4 is 5.82 Å². The molecule has 0 unspecified atom stereocenters. The summed E-state index contributed by atoms with van der Waals surface area (Å²) in [5, 5.41) is 0. The van der Waals surface area contributed by atoms with Gasteiger partial charge in [0.05, 0.1) is 5.69 Å². The van der Waals surface area contributed by atoms with Crippen LogP contribution in [0.5, 0.6) is 0 Å². The van der Waals surface area contributed by atoms with Gasteiger partial charge >= 0.3 is 0 Å². The molecule has 2 aromatic rings. The van der Waals surface area contributed by atoms with Crippen LogP contribution >= 0.6 is 0 Å². The maximum atomic E-state index is 5.79. The molecule has 0 amide bonds. The molecule has 0 spiro atoms. The van der Waals surface area contributed by atoms with Crippen molar-refractivity contribution < 1.29 is 0 Å². The van der Waals surface area contributed by atoms with Crippen LogP contribution in [-0.4, -0.2) is 19.9 Å². The number of nitrogens with zero attached hydrogens (tertiary/aromatic N) is 4. The van der Waals surface area contributed by atoms with Gasteiger partial charge in [-0.05, 0) is 6.07 Å². The van der Waals surface area contributed by atoms with Crippen LogP contribution in [-0.2, 0) is 5.41 Å². The van der Waals surface area contributed by atoms with E-state index in [1.807, 2.05) is 0 Å². The Kier molecular flexibility index (Phi) is 2.75. The third-order valence-corrected chi connectivity index (χ3v) is 2.28. The summed E-state index contributed by atoms with van der Waals surface area (Å²) in [4.78, 5) is 16.9. The zero-order valence-corrected chi connectivity index (χ0v) is 10.2. The van der Waals surface area contributed by atoms with Crippen molar-refractivity contribution in [1.29, 1.82) is 0 Å². The Hall–Kier alpha value is -2.04. The average molecular weight is 229 g/mol. The second-order valence-corrected chi connectivity index (χ2v) is 4.82. The van der Waals surface area contributed by atoms with Crippen LogP contribution in [0.3, 0.4) is 0 Å². The Morgan fingerprint density at radius 2 is 1.65 bits per heavy atom. The fourth-order valence-corrected chi connectivity index (χ4v) is 1.36. The number of nitrogen functional groups attached to an aromatic ring is 1. The number of hydrogen-bond acceptors (Lipinski definition) is 5. The molecule has 2 heterocycles. The van der Waals surface area contributed by atoms with E-state index in [-0.39, 0.29) is 5.41 Å². The van der Waals surface area contributed by atoms with E-state index >= 15 is 0 Å². The van der Waals surface area contributed by atoms with E-state index in [1.54, 1.807) is 24.5 Å². The highest BCUT2D eigenvalue weighted by molar-refractivity contribution is 5.48. The monoisotopic (exact) mass is 229 g/mol. The summed E-state index contributed by atoms with van der Waals surface area (Å²) in [7, 11) is 0. The minimum atomic E-state index is -0.0827. The fraction of sp³-hybridized carbons (Fsp3) is 0.333. The van der Waals surface area contributed by atoms with E-state index in [4.69, 9.17) is 5.73 Å². The molecule has 0 bridgehead atoms. The highest BCUT2D eigenvalue weighted by atomic mass is 15.0. The van der Waals surface area contributed by atoms with Crippen LogP contribution < -0.4 is 5.73 Å². The van der Waals surface area contributed by atoms with Gasteiger partial charge in [-0.25, -0.2) is 19.9 Å². The van der Waals surface area contributed by atoms with Gasteiger partial charge in [0, 0.05) is 23.9 Å². The molecule has 5 nitrogen and oxygen atoms in total. The topological polar surface area (TPSA) is 77.6 Å². The third-order valence-electron chi connectivity index (χ3n) is 2.28. The molecule has 0 atom stereocenters. The Morgan fingerprint density at radius 3 is 2.24 bits per heavy atom. The second kappa shape index (κ2) is 4.08. The van der Waals surface area contributed by atoms with Crippen LogP contribution in [0, 0.1) is 0 Å². The third kappa shape index (κ3) is 2.55. The summed E-state index contributed by atoms with van der Waals surface area (Å²) in [5.74, 6) is 1.40. The van der Waals surface area contributed by atoms with Crippen LogP contribution in [0.1, 0.15) is 26.5 Å². The van der Waals surface area contributed by atoms with E-state index < -0.39 is 0 Å². The molecule has 5 heteroatoms. The van der Waals surface area contributed by atoms with Crippen LogP contribution in [0.25, 0.3) is 11.6 Å². The Labute approximate surface area is 100 Å². The molecular weight excluding hydrogens is 214 g/mol. The highest BCUT2D eigenvalue weighted by Crippen LogP contribution is 2.23. The summed E-state index contributed by atoms with van der Waals surface area (Å²) >= 11 is 0. The van der Waals surface area contributed by atoms with Crippen molar-refractivity contribution in [2.24, 2.45) is 0 Å². The van der Waals surface area contributed by atoms with Gasteiger partial charge in [-0.1, -0.05) is 20.8 Å². The molecule has 17 heavy (non-hydrogen) atoms. The fourth-order valence-electron chi connectivity index (χ4n) is 1.36. The molecule has 2 N–H and O–H groups in total. The summed E-state index contributed by atoms with van der Waals surface area (Å²) in [6, 6.07) is 3.53. The Balaban J connectivity index is 2.54. The first-order chi connectivity index (χ1) is 7.97. The first-order valence-electron chi connectivity index (χ1n) is 5.39. The van der Waals surface area contributed by atoms with Crippen molar-refractivity contribution in [3.8, 4) is 11.6 Å². The molecule has 88 valence electrons. The largest absolute Gasteiger partial charge is 0.384 e. The summed E-state index contributed by atoms with van der Waals surface area (Å²) < 4.78 is 0. The van der Waals surface area contributed by atoms with E-state index in [1.165, 1.54) is 0 Å². The van der Waals surface area contributed by atoms with E-state index in [0.29, 0.717) is 17.5 Å². The Bertz CT molecular complexity index is 516. The van der Waals surface area contributed by atoms with Crippen molar-refractivity contribution in [3.63, 3.8) is 0 Å². The average Bonchev–Trinajstić information content (AvgIpc) is 2.28. The SMILES string of the molecule is CC(C)(C)c1cc(N)nc(-c2ncccn2)n1. The van der Waals surface area contributed by atoms with Gasteiger partial charge in [-0.3, -0.25) is 0 Å². The molecule has 0 fully saturated rings. The quantitative estimate of drug-likeness (QED) is 0.807. The lowest BCUT2D eigenvalue weighted by molar-refractivity contribution is 0.568. The Morgan fingerprint density at radius 1 is 1.00 bits per heavy atom. The molecule has 0 saturated heterocycles. The summed E-state index contributed by atoms with van der Waals surface area (Å²) in [6.07, 6.45) is 3.32. The second-order valence-electron chi connectivity index (χ2n) is 4.82. The maximum absolute atomic E-state index is 5.79. The number of nitrogens with two attached hydrogens (primary N) is 1. The molecule has 0 aliphatic rings. The molecule has 2 rings (SSSR count). The zero-order chi connectivity index (χ0) is 12.5. The molecule has 0 saturated carbocycles. The molecular formula is C12H15N5. The lowest BCUT2D eigenvalue weighted by atomic mass is 9.92. The molecule has 0 aliphatic carbocycles. The minimum Gasteiger partial charge on any atom is -0.384 e. The minimum absolute atomic E-state index is 0.0827. The first-order valence-corrected chi connectivity index (χ1v) is 5.39. The van der Waals surface area contributed by atoms with Gasteiger partial charge in [-0.15, -0.1) is 0 Å². The number of aromatic nitrogens is 4. The summed E-state index contributed by atoms with van der Waals surface area (Å²) in [5.41, 5.74) is 6.59. The van der Waals surface area contributed by atoms with Crippen LogP contribution in [0.4, 0.5) is 5.82 Å². The lowest BCUT2D eigenvalue weighted by Gasteiger charge is -2.18. The van der Waals surface area contributed by atoms with Crippen LogP contribution in [0.2, 0.25) is 0 Å². The predicted molar refractivity (Wildman–Crippen MR) is 66.2 cm³/mol. The van der Waals surface area contributed by atoms with Crippen molar-refractivity contribution in [2.45, 2.75) is 26.2 Å². The van der Waals surface area contributed by atoms with E-state index in [9.17, 15) is 0 Å². The molecule has 0 radical (unpaired) electrons. The predicted octanol–water partition coefficient (Wildman–Crippen LogP) is 1.81.